The fourth-order valence-corrected chi connectivity index (χ4v) is 2.26. The van der Waals surface area contributed by atoms with Gasteiger partial charge >= 0.3 is 0 Å². The topological polar surface area (TPSA) is 32.6 Å². The molecule has 106 valence electrons. The molecule has 0 unspecified atom stereocenters. The van der Waals surface area contributed by atoms with Crippen LogP contribution in [0.3, 0.4) is 0 Å². The lowest BCUT2D eigenvalue weighted by molar-refractivity contribution is 0.319. The number of unbranched alkanes of at least 4 members (excludes halogenated alkanes) is 6. The first-order valence-corrected chi connectivity index (χ1v) is 7.56. The Bertz CT molecular complexity index is 367. The third kappa shape index (κ3) is 6.42. The van der Waals surface area contributed by atoms with Crippen LogP contribution in [-0.2, 0) is 6.42 Å². The van der Waals surface area contributed by atoms with Gasteiger partial charge in [-0.05, 0) is 30.9 Å². The minimum absolute atomic E-state index is 0.669. The molecule has 1 N–H and O–H groups in total. The van der Waals surface area contributed by atoms with Gasteiger partial charge in [-0.1, -0.05) is 74.9 Å². The molecule has 0 radical (unpaired) electrons. The van der Waals surface area contributed by atoms with E-state index in [1.54, 1.807) is 0 Å². The van der Waals surface area contributed by atoms with Crippen molar-refractivity contribution in [2.45, 2.75) is 65.2 Å². The van der Waals surface area contributed by atoms with Gasteiger partial charge in [0.2, 0.25) is 0 Å². The van der Waals surface area contributed by atoms with Gasteiger partial charge in [0.15, 0.2) is 0 Å². The predicted molar refractivity (Wildman–Crippen MR) is 82.1 cm³/mol. The summed E-state index contributed by atoms with van der Waals surface area (Å²) >= 11 is 0. The number of aryl methyl sites for hydroxylation is 1. The van der Waals surface area contributed by atoms with Gasteiger partial charge in [0.25, 0.3) is 0 Å². The lowest BCUT2D eigenvalue weighted by Crippen LogP contribution is -1.95. The smallest absolute Gasteiger partial charge is 0.0836 e. The van der Waals surface area contributed by atoms with Gasteiger partial charge in [-0.2, -0.15) is 0 Å². The first-order chi connectivity index (χ1) is 9.27. The lowest BCUT2D eigenvalue weighted by atomic mass is 10.0. The van der Waals surface area contributed by atoms with Crippen LogP contribution in [0.2, 0.25) is 0 Å². The highest BCUT2D eigenvalue weighted by Crippen LogP contribution is 2.12. The summed E-state index contributed by atoms with van der Waals surface area (Å²) in [5.74, 6) is 0. The zero-order valence-corrected chi connectivity index (χ0v) is 12.4. The van der Waals surface area contributed by atoms with E-state index in [1.807, 2.05) is 19.1 Å². The molecule has 0 aliphatic rings. The lowest BCUT2D eigenvalue weighted by Gasteiger charge is -2.04. The number of oxime groups is 1. The summed E-state index contributed by atoms with van der Waals surface area (Å²) < 4.78 is 0. The highest BCUT2D eigenvalue weighted by Gasteiger charge is 1.98. The van der Waals surface area contributed by atoms with Crippen molar-refractivity contribution < 1.29 is 5.21 Å². The summed E-state index contributed by atoms with van der Waals surface area (Å²) in [6, 6.07) is 8.35. The molecule has 0 saturated carbocycles. The molecule has 0 aliphatic heterocycles. The van der Waals surface area contributed by atoms with Crippen molar-refractivity contribution in [1.29, 1.82) is 0 Å². The van der Waals surface area contributed by atoms with Gasteiger partial charge in [0.1, 0.15) is 0 Å². The molecule has 0 atom stereocenters. The van der Waals surface area contributed by atoms with Crippen molar-refractivity contribution >= 4 is 5.71 Å². The molecule has 2 heteroatoms. The van der Waals surface area contributed by atoms with E-state index in [0.717, 1.165) is 12.0 Å². The molecule has 0 amide bonds. The van der Waals surface area contributed by atoms with Crippen molar-refractivity contribution in [2.75, 3.05) is 0 Å². The summed E-state index contributed by atoms with van der Waals surface area (Å²) in [4.78, 5) is 0. The molecule has 19 heavy (non-hydrogen) atoms. The maximum Gasteiger partial charge on any atom is 0.0836 e. The molecule has 0 aliphatic carbocycles. The van der Waals surface area contributed by atoms with Crippen LogP contribution < -0.4 is 0 Å². The van der Waals surface area contributed by atoms with E-state index in [-0.39, 0.29) is 0 Å². The third-order valence-electron chi connectivity index (χ3n) is 3.59. The van der Waals surface area contributed by atoms with E-state index >= 15 is 0 Å². The Kier molecular flexibility index (Phi) is 7.95. The molecule has 0 fully saturated rings. The molecule has 0 aromatic heterocycles. The second-order valence-corrected chi connectivity index (χ2v) is 5.25. The van der Waals surface area contributed by atoms with E-state index in [9.17, 15) is 0 Å². The molecule has 0 bridgehead atoms. The monoisotopic (exact) mass is 261 g/mol. The summed E-state index contributed by atoms with van der Waals surface area (Å²) in [5.41, 5.74) is 3.04. The second-order valence-electron chi connectivity index (χ2n) is 5.25. The summed E-state index contributed by atoms with van der Waals surface area (Å²) in [6.45, 7) is 4.07. The first-order valence-electron chi connectivity index (χ1n) is 7.56. The van der Waals surface area contributed by atoms with Crippen LogP contribution in [-0.4, -0.2) is 10.9 Å². The van der Waals surface area contributed by atoms with Gasteiger partial charge in [-0.3, -0.25) is 0 Å². The molecule has 0 saturated heterocycles. The molecule has 1 aromatic rings. The van der Waals surface area contributed by atoms with E-state index in [1.165, 1.54) is 50.5 Å². The van der Waals surface area contributed by atoms with Crippen LogP contribution in [0.15, 0.2) is 29.4 Å². The molecule has 1 rings (SSSR count). The predicted octanol–water partition coefficient (Wildman–Crippen LogP) is 5.18. The largest absolute Gasteiger partial charge is 0.411 e. The highest BCUT2D eigenvalue weighted by molar-refractivity contribution is 5.98. The van der Waals surface area contributed by atoms with Crippen LogP contribution in [0.1, 0.15) is 69.9 Å². The molecule has 0 spiro atoms. The fraction of sp³-hybridized carbons (Fsp3) is 0.588. The normalized spacial score (nSPS) is 11.8. The van der Waals surface area contributed by atoms with Gasteiger partial charge in [-0.15, -0.1) is 0 Å². The third-order valence-corrected chi connectivity index (χ3v) is 3.59. The summed E-state index contributed by atoms with van der Waals surface area (Å²) in [5, 5.41) is 11.9. The highest BCUT2D eigenvalue weighted by atomic mass is 16.4. The van der Waals surface area contributed by atoms with Crippen LogP contribution in [0.4, 0.5) is 0 Å². The summed E-state index contributed by atoms with van der Waals surface area (Å²) in [7, 11) is 0. The Balaban J connectivity index is 2.19. The molecule has 2 nitrogen and oxygen atoms in total. The average molecular weight is 261 g/mol. The van der Waals surface area contributed by atoms with Gasteiger partial charge in [-0.25, -0.2) is 0 Å². The van der Waals surface area contributed by atoms with E-state index in [0.29, 0.717) is 5.71 Å². The molecule has 0 heterocycles. The van der Waals surface area contributed by atoms with Crippen molar-refractivity contribution in [3.05, 3.63) is 35.4 Å². The van der Waals surface area contributed by atoms with Gasteiger partial charge in [0, 0.05) is 0 Å². The van der Waals surface area contributed by atoms with E-state index in [4.69, 9.17) is 5.21 Å². The second kappa shape index (κ2) is 9.60. The van der Waals surface area contributed by atoms with E-state index in [2.05, 4.69) is 24.2 Å². The maximum absolute atomic E-state index is 8.71. The Hall–Kier alpha value is -1.31. The standard InChI is InChI=1S/C17H27NO/c1-3-4-5-6-7-8-9-10-16-11-13-17(14-12-16)15(2)18-19/h11-14,19H,3-10H2,1-2H3. The molecular weight excluding hydrogens is 234 g/mol. The average Bonchev–Trinajstić information content (AvgIpc) is 2.46. The van der Waals surface area contributed by atoms with Gasteiger partial charge in [0.05, 0.1) is 5.71 Å². The van der Waals surface area contributed by atoms with Crippen molar-refractivity contribution in [3.8, 4) is 0 Å². The fourth-order valence-electron chi connectivity index (χ4n) is 2.26. The zero-order valence-electron chi connectivity index (χ0n) is 12.4. The van der Waals surface area contributed by atoms with Crippen LogP contribution in [0, 0.1) is 0 Å². The zero-order chi connectivity index (χ0) is 13.9. The Labute approximate surface area is 117 Å². The number of nitrogens with zero attached hydrogens (tertiary/aromatic N) is 1. The van der Waals surface area contributed by atoms with Gasteiger partial charge < -0.3 is 5.21 Å². The molecule has 1 aromatic carbocycles. The van der Waals surface area contributed by atoms with Crippen molar-refractivity contribution in [1.82, 2.24) is 0 Å². The van der Waals surface area contributed by atoms with Crippen LogP contribution >= 0.6 is 0 Å². The SMILES string of the molecule is CCCCCCCCCc1ccc(C(C)=NO)cc1. The van der Waals surface area contributed by atoms with Crippen molar-refractivity contribution in [3.63, 3.8) is 0 Å². The minimum atomic E-state index is 0.669. The Morgan fingerprint density at radius 1 is 0.947 bits per heavy atom. The Morgan fingerprint density at radius 3 is 2.11 bits per heavy atom. The quantitative estimate of drug-likeness (QED) is 0.282. The van der Waals surface area contributed by atoms with Crippen molar-refractivity contribution in [2.24, 2.45) is 5.16 Å². The minimum Gasteiger partial charge on any atom is -0.411 e. The first kappa shape index (κ1) is 15.7. The number of rotatable bonds is 9. The number of benzene rings is 1. The van der Waals surface area contributed by atoms with E-state index < -0.39 is 0 Å². The summed E-state index contributed by atoms with van der Waals surface area (Å²) in [6.07, 6.45) is 10.6. The molecular formula is C17H27NO. The van der Waals surface area contributed by atoms with Crippen LogP contribution in [0.5, 0.6) is 0 Å². The number of hydrogen-bond donors (Lipinski definition) is 1. The Morgan fingerprint density at radius 2 is 1.53 bits per heavy atom. The van der Waals surface area contributed by atoms with Crippen LogP contribution in [0.25, 0.3) is 0 Å². The maximum atomic E-state index is 8.71. The number of hydrogen-bond acceptors (Lipinski definition) is 2.